The molecule has 2 N–H and O–H groups in total. The monoisotopic (exact) mass is 730 g/mol. The van der Waals surface area contributed by atoms with Crippen LogP contribution in [0.5, 0.6) is 0 Å². The molecule has 3 saturated heterocycles. The minimum atomic E-state index is -0.413. The number of imide groups is 1. The number of aryl methyl sites for hydroxylation is 1. The highest BCUT2D eigenvalue weighted by Gasteiger charge is 2.37. The number of anilines is 4. The van der Waals surface area contributed by atoms with Gasteiger partial charge in [-0.05, 0) is 43.5 Å². The standard InChI is InChI=1S/C39H46N12O3/c1-46(2)38(54)31-19-24-20-41-39(44-36(24)51(31)25-7-4-5-8-25)42-32-13-11-26(21-40-32)48-15-17-49(18-16-48)27-22-50(23-27)30-10-6-9-28-34(45-47(3)35(28)30)29-12-14-33(52)43-37(29)53/h6,9-11,13,19-21,25,27,29H,4-5,7-8,12,14-18,22-23H2,1-3H3,(H,43,52,53)(H,40,41,42,44)/t29-/m0/s1. The first-order valence-corrected chi connectivity index (χ1v) is 19.1. The van der Waals surface area contributed by atoms with E-state index < -0.39 is 5.92 Å². The molecule has 4 aliphatic rings. The van der Waals surface area contributed by atoms with Gasteiger partial charge in [0.25, 0.3) is 5.91 Å². The lowest BCUT2D eigenvalue weighted by Gasteiger charge is -2.49. The van der Waals surface area contributed by atoms with E-state index in [0.717, 1.165) is 104 Å². The number of hydrogen-bond donors (Lipinski definition) is 2. The van der Waals surface area contributed by atoms with Crippen LogP contribution in [0.15, 0.2) is 48.8 Å². The highest BCUT2D eigenvalue weighted by molar-refractivity contribution is 6.04. The summed E-state index contributed by atoms with van der Waals surface area (Å²) in [5.74, 6) is 0.219. The molecular formula is C39H46N12O3. The maximum Gasteiger partial charge on any atom is 0.270 e. The fraction of sp³-hybridized carbons (Fsp3) is 0.462. The van der Waals surface area contributed by atoms with E-state index in [2.05, 4.69) is 47.0 Å². The number of fused-ring (bicyclic) bond motifs is 2. The number of para-hydroxylation sites is 1. The van der Waals surface area contributed by atoms with Crippen LogP contribution in [0.2, 0.25) is 0 Å². The zero-order valence-corrected chi connectivity index (χ0v) is 31.0. The Morgan fingerprint density at radius 3 is 2.44 bits per heavy atom. The van der Waals surface area contributed by atoms with Crippen LogP contribution >= 0.6 is 0 Å². The van der Waals surface area contributed by atoms with Crippen molar-refractivity contribution in [2.75, 3.05) is 68.5 Å². The lowest BCUT2D eigenvalue weighted by atomic mass is 9.92. The Bertz CT molecular complexity index is 2240. The second kappa shape index (κ2) is 13.7. The van der Waals surface area contributed by atoms with E-state index in [9.17, 15) is 14.4 Å². The maximum absolute atomic E-state index is 13.1. The summed E-state index contributed by atoms with van der Waals surface area (Å²) in [7, 11) is 5.50. The Morgan fingerprint density at radius 1 is 0.926 bits per heavy atom. The predicted molar refractivity (Wildman–Crippen MR) is 206 cm³/mol. The molecule has 3 aliphatic heterocycles. The van der Waals surface area contributed by atoms with Crippen LogP contribution in [-0.2, 0) is 16.6 Å². The molecule has 1 aromatic carbocycles. The first kappa shape index (κ1) is 34.2. The summed E-state index contributed by atoms with van der Waals surface area (Å²) >= 11 is 0. The Balaban J connectivity index is 0.819. The topological polar surface area (TPSA) is 150 Å². The van der Waals surface area contributed by atoms with Crippen molar-refractivity contribution in [3.05, 3.63) is 60.2 Å². The van der Waals surface area contributed by atoms with Gasteiger partial charge < -0.3 is 24.6 Å². The summed E-state index contributed by atoms with van der Waals surface area (Å²) in [4.78, 5) is 60.6. The molecule has 280 valence electrons. The van der Waals surface area contributed by atoms with Crippen molar-refractivity contribution in [3.8, 4) is 0 Å². The second-order valence-electron chi connectivity index (χ2n) is 15.3. The van der Waals surface area contributed by atoms with Crippen molar-refractivity contribution in [2.45, 2.75) is 56.5 Å². The number of rotatable bonds is 8. The third-order valence-electron chi connectivity index (χ3n) is 11.7. The van der Waals surface area contributed by atoms with E-state index in [0.29, 0.717) is 36.3 Å². The molecule has 0 radical (unpaired) electrons. The molecule has 4 aromatic heterocycles. The molecule has 0 unspecified atom stereocenters. The van der Waals surface area contributed by atoms with Crippen molar-refractivity contribution in [1.82, 2.24) is 44.4 Å². The Morgan fingerprint density at radius 2 is 1.72 bits per heavy atom. The smallest absolute Gasteiger partial charge is 0.270 e. The molecule has 1 saturated carbocycles. The van der Waals surface area contributed by atoms with Gasteiger partial charge in [-0.3, -0.25) is 29.3 Å². The highest BCUT2D eigenvalue weighted by atomic mass is 16.2. The SMILES string of the molecule is CN(C)C(=O)c1cc2cnc(Nc3ccc(N4CCN(C5CN(c6cccc7c([C@@H]8CCC(=O)NC8=O)nn(C)c67)C5)CC4)cn3)nc2n1C1CCCC1. The third kappa shape index (κ3) is 6.09. The lowest BCUT2D eigenvalue weighted by molar-refractivity contribution is -0.134. The Labute approximate surface area is 313 Å². The number of benzene rings is 1. The van der Waals surface area contributed by atoms with Crippen LogP contribution in [0.25, 0.3) is 21.9 Å². The summed E-state index contributed by atoms with van der Waals surface area (Å²) in [5, 5.41) is 12.4. The molecule has 9 rings (SSSR count). The van der Waals surface area contributed by atoms with Gasteiger partial charge in [-0.25, -0.2) is 9.97 Å². The molecule has 15 heteroatoms. The Kier molecular flexibility index (Phi) is 8.67. The van der Waals surface area contributed by atoms with E-state index >= 15 is 0 Å². The summed E-state index contributed by atoms with van der Waals surface area (Å²) < 4.78 is 4.01. The first-order chi connectivity index (χ1) is 26.2. The van der Waals surface area contributed by atoms with Gasteiger partial charge in [0.1, 0.15) is 17.2 Å². The number of piperidine rings is 1. The van der Waals surface area contributed by atoms with Crippen LogP contribution in [0, 0.1) is 0 Å². The van der Waals surface area contributed by atoms with Gasteiger partial charge in [0.15, 0.2) is 0 Å². The van der Waals surface area contributed by atoms with Gasteiger partial charge >= 0.3 is 0 Å². The third-order valence-corrected chi connectivity index (χ3v) is 11.7. The molecule has 0 bridgehead atoms. The number of hydrogen-bond acceptors (Lipinski definition) is 11. The average molecular weight is 731 g/mol. The summed E-state index contributed by atoms with van der Waals surface area (Å²) in [5.41, 5.74) is 5.44. The number of piperazine rings is 1. The molecule has 54 heavy (non-hydrogen) atoms. The van der Waals surface area contributed by atoms with Gasteiger partial charge in [-0.15, -0.1) is 0 Å². The number of pyridine rings is 1. The number of nitrogens with one attached hydrogen (secondary N) is 2. The van der Waals surface area contributed by atoms with Crippen molar-refractivity contribution in [2.24, 2.45) is 7.05 Å². The molecule has 4 fully saturated rings. The molecule has 15 nitrogen and oxygen atoms in total. The summed E-state index contributed by atoms with van der Waals surface area (Å²) in [6.45, 7) is 5.66. The molecule has 3 amide bonds. The van der Waals surface area contributed by atoms with Gasteiger partial charge in [-0.2, -0.15) is 10.1 Å². The van der Waals surface area contributed by atoms with Gasteiger partial charge in [-0.1, -0.05) is 25.0 Å². The average Bonchev–Trinajstić information content (AvgIpc) is 3.89. The molecule has 1 aliphatic carbocycles. The largest absolute Gasteiger partial charge is 0.368 e. The second-order valence-corrected chi connectivity index (χ2v) is 15.3. The van der Waals surface area contributed by atoms with E-state index in [1.54, 1.807) is 25.2 Å². The zero-order chi connectivity index (χ0) is 37.1. The van der Waals surface area contributed by atoms with Gasteiger partial charge in [0, 0.05) is 95.9 Å². The van der Waals surface area contributed by atoms with Crippen LogP contribution in [0.1, 0.15) is 66.7 Å². The van der Waals surface area contributed by atoms with E-state index in [-0.39, 0.29) is 23.8 Å². The number of aromatic nitrogens is 6. The van der Waals surface area contributed by atoms with Gasteiger partial charge in [0.05, 0.1) is 34.7 Å². The molecule has 0 spiro atoms. The first-order valence-electron chi connectivity index (χ1n) is 19.1. The fourth-order valence-corrected chi connectivity index (χ4v) is 8.79. The van der Waals surface area contributed by atoms with Crippen molar-refractivity contribution >= 4 is 62.8 Å². The van der Waals surface area contributed by atoms with Crippen LogP contribution < -0.4 is 20.4 Å². The number of carbonyl (C=O) groups is 3. The molecule has 5 aromatic rings. The summed E-state index contributed by atoms with van der Waals surface area (Å²) in [6.07, 6.45) is 8.91. The Hall–Kier alpha value is -5.57. The fourth-order valence-electron chi connectivity index (χ4n) is 8.79. The molecular weight excluding hydrogens is 685 g/mol. The van der Waals surface area contributed by atoms with Crippen LogP contribution in [0.3, 0.4) is 0 Å². The number of amides is 3. The van der Waals surface area contributed by atoms with E-state index in [1.165, 1.54) is 0 Å². The minimum Gasteiger partial charge on any atom is -0.368 e. The van der Waals surface area contributed by atoms with Crippen LogP contribution in [-0.4, -0.2) is 116 Å². The van der Waals surface area contributed by atoms with Crippen molar-refractivity contribution in [1.29, 1.82) is 0 Å². The van der Waals surface area contributed by atoms with Crippen molar-refractivity contribution < 1.29 is 14.4 Å². The zero-order valence-electron chi connectivity index (χ0n) is 31.0. The van der Waals surface area contributed by atoms with Crippen molar-refractivity contribution in [3.63, 3.8) is 0 Å². The van der Waals surface area contributed by atoms with E-state index in [1.807, 2.05) is 42.2 Å². The molecule has 7 heterocycles. The van der Waals surface area contributed by atoms with Crippen LogP contribution in [0.4, 0.5) is 23.1 Å². The number of carbonyl (C=O) groups excluding carboxylic acids is 3. The highest BCUT2D eigenvalue weighted by Crippen LogP contribution is 2.38. The quantitative estimate of drug-likeness (QED) is 0.225. The number of nitrogens with zero attached hydrogens (tertiary/aromatic N) is 10. The minimum absolute atomic E-state index is 0.0238. The normalized spacial score (nSPS) is 20.2. The lowest BCUT2D eigenvalue weighted by Crippen LogP contribution is -2.63. The van der Waals surface area contributed by atoms with E-state index in [4.69, 9.17) is 15.1 Å². The van der Waals surface area contributed by atoms with Gasteiger partial charge in [0.2, 0.25) is 17.8 Å². The predicted octanol–water partition coefficient (Wildman–Crippen LogP) is 3.80. The maximum atomic E-state index is 13.1. The summed E-state index contributed by atoms with van der Waals surface area (Å²) in [6, 6.07) is 12.9. The molecule has 1 atom stereocenters.